The molecule has 0 bridgehead atoms. The fraction of sp³-hybridized carbons (Fsp3) is 0.650. The fourth-order valence-electron chi connectivity index (χ4n) is 3.81. The number of ether oxygens (including phenoxy) is 1. The van der Waals surface area contributed by atoms with Gasteiger partial charge in [0, 0.05) is 18.7 Å². The highest BCUT2D eigenvalue weighted by atomic mass is 16.5. The van der Waals surface area contributed by atoms with E-state index in [9.17, 15) is 9.90 Å². The molecule has 2 N–H and O–H groups in total. The Balaban J connectivity index is 1.44. The molecule has 138 valence electrons. The van der Waals surface area contributed by atoms with Gasteiger partial charge in [-0.1, -0.05) is 0 Å². The number of nitrogens with one attached hydrogen (secondary N) is 1. The quantitative estimate of drug-likeness (QED) is 0.811. The highest BCUT2D eigenvalue weighted by Gasteiger charge is 2.19. The Kier molecular flexibility index (Phi) is 6.70. The number of rotatable bonds is 6. The minimum atomic E-state index is -0.442. The lowest BCUT2D eigenvalue weighted by Gasteiger charge is -2.26. The van der Waals surface area contributed by atoms with Gasteiger partial charge in [0.2, 0.25) is 0 Å². The van der Waals surface area contributed by atoms with E-state index in [1.165, 1.54) is 30.6 Å². The van der Waals surface area contributed by atoms with E-state index >= 15 is 0 Å². The summed E-state index contributed by atoms with van der Waals surface area (Å²) in [4.78, 5) is 15.9. The summed E-state index contributed by atoms with van der Waals surface area (Å²) in [6.07, 6.45) is 6.82. The molecule has 2 fully saturated rings. The molecular weight excluding hydrogens is 316 g/mol. The summed E-state index contributed by atoms with van der Waals surface area (Å²) in [7, 11) is 0. The zero-order valence-electron chi connectivity index (χ0n) is 15.1. The molecule has 0 unspecified atom stereocenters. The van der Waals surface area contributed by atoms with Crippen LogP contribution in [-0.2, 0) is 0 Å². The Morgan fingerprint density at radius 1 is 1.04 bits per heavy atom. The van der Waals surface area contributed by atoms with Gasteiger partial charge in [0.05, 0.1) is 13.1 Å². The third-order valence-electron chi connectivity index (χ3n) is 5.27. The van der Waals surface area contributed by atoms with Gasteiger partial charge in [-0.2, -0.15) is 0 Å². The molecule has 1 aromatic rings. The number of carbonyl (C=O) groups excluding carboxylic acids is 1. The monoisotopic (exact) mass is 347 g/mol. The molecule has 2 saturated heterocycles. The number of amides is 1. The second kappa shape index (κ2) is 9.20. The smallest absolute Gasteiger partial charge is 0.253 e. The molecule has 2 aliphatic rings. The van der Waals surface area contributed by atoms with Crippen molar-refractivity contribution >= 4 is 5.91 Å². The Labute approximate surface area is 150 Å². The third kappa shape index (κ3) is 5.44. The molecule has 5 heteroatoms. The number of hydrogen-bond donors (Lipinski definition) is 2. The SMILES string of the molecule is O=C(c1ccc(OC[C@@H](O)C[NH+]2CCCCC2)cc1)N1CCCCC1. The number of quaternary nitrogens is 1. The summed E-state index contributed by atoms with van der Waals surface area (Å²) >= 11 is 0. The van der Waals surface area contributed by atoms with E-state index in [0.717, 1.165) is 45.6 Å². The van der Waals surface area contributed by atoms with Crippen molar-refractivity contribution in [3.8, 4) is 5.75 Å². The number of benzene rings is 1. The standard InChI is InChI=1S/C20H30N2O3/c23-18(15-21-11-3-1-4-12-21)16-25-19-9-7-17(8-10-19)20(24)22-13-5-2-6-14-22/h7-10,18,23H,1-6,11-16H2/p+1/t18-/m0/s1. The molecular formula is C20H31N2O3+. The maximum atomic E-state index is 12.4. The van der Waals surface area contributed by atoms with Gasteiger partial charge in [-0.25, -0.2) is 0 Å². The summed E-state index contributed by atoms with van der Waals surface area (Å²) in [6, 6.07) is 7.32. The summed E-state index contributed by atoms with van der Waals surface area (Å²) in [6.45, 7) is 5.10. The van der Waals surface area contributed by atoms with Crippen LogP contribution < -0.4 is 9.64 Å². The second-order valence-corrected chi connectivity index (χ2v) is 7.36. The molecule has 1 amide bonds. The molecule has 0 aliphatic carbocycles. The maximum absolute atomic E-state index is 12.4. The van der Waals surface area contributed by atoms with Crippen molar-refractivity contribution < 1.29 is 19.5 Å². The fourth-order valence-corrected chi connectivity index (χ4v) is 3.81. The van der Waals surface area contributed by atoms with Crippen molar-refractivity contribution in [2.24, 2.45) is 0 Å². The first kappa shape index (κ1) is 18.2. The van der Waals surface area contributed by atoms with Crippen LogP contribution in [0.4, 0.5) is 0 Å². The third-order valence-corrected chi connectivity index (χ3v) is 5.27. The van der Waals surface area contributed by atoms with E-state index in [1.54, 1.807) is 0 Å². The zero-order chi connectivity index (χ0) is 17.5. The highest BCUT2D eigenvalue weighted by molar-refractivity contribution is 5.94. The molecule has 0 radical (unpaired) electrons. The predicted octanol–water partition coefficient (Wildman–Crippen LogP) is 1.12. The van der Waals surface area contributed by atoms with Crippen molar-refractivity contribution in [2.75, 3.05) is 39.3 Å². The van der Waals surface area contributed by atoms with Crippen LogP contribution in [0.15, 0.2) is 24.3 Å². The Hall–Kier alpha value is -1.59. The van der Waals surface area contributed by atoms with Gasteiger partial charge in [-0.05, 0) is 62.8 Å². The maximum Gasteiger partial charge on any atom is 0.253 e. The first-order valence-electron chi connectivity index (χ1n) is 9.76. The minimum Gasteiger partial charge on any atom is -0.491 e. The topological polar surface area (TPSA) is 54.2 Å². The molecule has 5 nitrogen and oxygen atoms in total. The predicted molar refractivity (Wildman–Crippen MR) is 97.1 cm³/mol. The number of aliphatic hydroxyl groups is 1. The van der Waals surface area contributed by atoms with Crippen LogP contribution in [0.3, 0.4) is 0 Å². The van der Waals surface area contributed by atoms with E-state index in [0.29, 0.717) is 17.9 Å². The Bertz CT molecular complexity index is 534. The minimum absolute atomic E-state index is 0.111. The van der Waals surface area contributed by atoms with E-state index in [1.807, 2.05) is 29.2 Å². The summed E-state index contributed by atoms with van der Waals surface area (Å²) in [5.41, 5.74) is 0.715. The van der Waals surface area contributed by atoms with Gasteiger partial charge >= 0.3 is 0 Å². The molecule has 2 heterocycles. The number of hydrogen-bond acceptors (Lipinski definition) is 3. The van der Waals surface area contributed by atoms with E-state index in [4.69, 9.17) is 4.74 Å². The first-order valence-corrected chi connectivity index (χ1v) is 9.76. The molecule has 0 spiro atoms. The average molecular weight is 347 g/mol. The normalized spacial score (nSPS) is 20.3. The Morgan fingerprint density at radius 3 is 2.36 bits per heavy atom. The van der Waals surface area contributed by atoms with E-state index in [2.05, 4.69) is 0 Å². The van der Waals surface area contributed by atoms with Crippen molar-refractivity contribution in [3.63, 3.8) is 0 Å². The van der Waals surface area contributed by atoms with Gasteiger partial charge < -0.3 is 19.6 Å². The van der Waals surface area contributed by atoms with Crippen molar-refractivity contribution in [1.29, 1.82) is 0 Å². The van der Waals surface area contributed by atoms with Gasteiger partial charge in [-0.3, -0.25) is 4.79 Å². The highest BCUT2D eigenvalue weighted by Crippen LogP contribution is 2.16. The van der Waals surface area contributed by atoms with Crippen LogP contribution in [0, 0.1) is 0 Å². The number of carbonyl (C=O) groups is 1. The molecule has 3 rings (SSSR count). The van der Waals surface area contributed by atoms with Crippen LogP contribution in [0.5, 0.6) is 5.75 Å². The van der Waals surface area contributed by atoms with Gasteiger partial charge in [0.1, 0.15) is 25.0 Å². The van der Waals surface area contributed by atoms with Crippen LogP contribution in [-0.4, -0.2) is 61.3 Å². The summed E-state index contributed by atoms with van der Waals surface area (Å²) < 4.78 is 5.70. The lowest BCUT2D eigenvalue weighted by atomic mass is 10.1. The van der Waals surface area contributed by atoms with Crippen molar-refractivity contribution in [3.05, 3.63) is 29.8 Å². The largest absolute Gasteiger partial charge is 0.491 e. The van der Waals surface area contributed by atoms with E-state index in [-0.39, 0.29) is 5.91 Å². The van der Waals surface area contributed by atoms with Crippen LogP contribution in [0.25, 0.3) is 0 Å². The molecule has 0 aromatic heterocycles. The van der Waals surface area contributed by atoms with Gasteiger partial charge in [0.15, 0.2) is 0 Å². The molecule has 1 aromatic carbocycles. The average Bonchev–Trinajstić information content (AvgIpc) is 2.68. The van der Waals surface area contributed by atoms with E-state index < -0.39 is 6.10 Å². The molecule has 1 atom stereocenters. The van der Waals surface area contributed by atoms with Crippen molar-refractivity contribution in [2.45, 2.75) is 44.6 Å². The second-order valence-electron chi connectivity index (χ2n) is 7.36. The lowest BCUT2D eigenvalue weighted by molar-refractivity contribution is -0.908. The van der Waals surface area contributed by atoms with Gasteiger partial charge in [0.25, 0.3) is 5.91 Å². The number of aliphatic hydroxyl groups excluding tert-OH is 1. The van der Waals surface area contributed by atoms with Crippen LogP contribution in [0.1, 0.15) is 48.9 Å². The molecule has 0 saturated carbocycles. The first-order chi connectivity index (χ1) is 12.2. The lowest BCUT2D eigenvalue weighted by Crippen LogP contribution is -3.14. The number of piperidine rings is 2. The van der Waals surface area contributed by atoms with Crippen LogP contribution >= 0.6 is 0 Å². The van der Waals surface area contributed by atoms with Gasteiger partial charge in [-0.15, -0.1) is 0 Å². The Morgan fingerprint density at radius 2 is 1.68 bits per heavy atom. The number of nitrogens with zero attached hydrogens (tertiary/aromatic N) is 1. The number of likely N-dealkylation sites (tertiary alicyclic amines) is 2. The zero-order valence-corrected chi connectivity index (χ0v) is 15.1. The molecule has 25 heavy (non-hydrogen) atoms. The summed E-state index contributed by atoms with van der Waals surface area (Å²) in [5.74, 6) is 0.822. The van der Waals surface area contributed by atoms with Crippen molar-refractivity contribution in [1.82, 2.24) is 4.90 Å². The summed E-state index contributed by atoms with van der Waals surface area (Å²) in [5, 5.41) is 10.2. The van der Waals surface area contributed by atoms with Crippen LogP contribution in [0.2, 0.25) is 0 Å². The molecule has 2 aliphatic heterocycles.